The summed E-state index contributed by atoms with van der Waals surface area (Å²) in [6.07, 6.45) is 6.20. The fraction of sp³-hybridized carbons (Fsp3) is 0.600. The Morgan fingerprint density at radius 2 is 1.94 bits per heavy atom. The lowest BCUT2D eigenvalue weighted by Crippen LogP contribution is -2.43. The van der Waals surface area contributed by atoms with E-state index < -0.39 is 0 Å². The van der Waals surface area contributed by atoms with Crippen LogP contribution >= 0.6 is 0 Å². The van der Waals surface area contributed by atoms with Crippen LogP contribution in [0.3, 0.4) is 0 Å². The van der Waals surface area contributed by atoms with Crippen molar-refractivity contribution in [2.24, 2.45) is 0 Å². The minimum absolute atomic E-state index is 0.168. The van der Waals surface area contributed by atoms with Crippen LogP contribution in [0.5, 0.6) is 0 Å². The number of benzene rings is 1. The second-order valence-corrected chi connectivity index (χ2v) is 5.00. The van der Waals surface area contributed by atoms with Gasteiger partial charge in [-0.3, -0.25) is 0 Å². The molecule has 0 bridgehead atoms. The molecule has 1 aliphatic carbocycles. The van der Waals surface area contributed by atoms with Crippen LogP contribution in [-0.4, -0.2) is 25.8 Å². The highest BCUT2D eigenvalue weighted by Crippen LogP contribution is 2.20. The molecule has 2 nitrogen and oxygen atoms in total. The second kappa shape index (κ2) is 6.86. The highest BCUT2D eigenvalue weighted by Gasteiger charge is 2.23. The van der Waals surface area contributed by atoms with Crippen LogP contribution in [-0.2, 0) is 11.2 Å². The quantitative estimate of drug-likeness (QED) is 0.868. The van der Waals surface area contributed by atoms with Gasteiger partial charge in [0.2, 0.25) is 0 Å². The largest absolute Gasteiger partial charge is 0.380 e. The topological polar surface area (TPSA) is 21.3 Å². The number of nitrogens with one attached hydrogen (secondary N) is 1. The number of hydrogen-bond acceptors (Lipinski definition) is 2. The van der Waals surface area contributed by atoms with Crippen LogP contribution in [0, 0.1) is 5.82 Å². The van der Waals surface area contributed by atoms with E-state index in [1.165, 1.54) is 37.0 Å². The van der Waals surface area contributed by atoms with Crippen molar-refractivity contribution < 1.29 is 9.13 Å². The third-order valence-corrected chi connectivity index (χ3v) is 3.74. The van der Waals surface area contributed by atoms with Gasteiger partial charge in [-0.05, 0) is 43.5 Å². The van der Waals surface area contributed by atoms with Gasteiger partial charge >= 0.3 is 0 Å². The second-order valence-electron chi connectivity index (χ2n) is 5.00. The molecule has 18 heavy (non-hydrogen) atoms. The molecule has 3 heteroatoms. The van der Waals surface area contributed by atoms with Gasteiger partial charge < -0.3 is 10.1 Å². The molecule has 0 saturated heterocycles. The van der Waals surface area contributed by atoms with Crippen LogP contribution in [0.1, 0.15) is 31.2 Å². The van der Waals surface area contributed by atoms with Crippen molar-refractivity contribution in [1.82, 2.24) is 5.32 Å². The first kappa shape index (κ1) is 13.5. The smallest absolute Gasteiger partial charge is 0.123 e. The van der Waals surface area contributed by atoms with E-state index in [0.717, 1.165) is 19.4 Å². The Kier molecular flexibility index (Phi) is 5.14. The number of ether oxygens (including phenoxy) is 1. The molecule has 0 aliphatic heterocycles. The minimum atomic E-state index is -0.168. The number of hydrogen-bond donors (Lipinski definition) is 1. The van der Waals surface area contributed by atoms with Gasteiger partial charge in [0.25, 0.3) is 0 Å². The minimum Gasteiger partial charge on any atom is -0.380 e. The summed E-state index contributed by atoms with van der Waals surface area (Å²) in [5.74, 6) is -0.168. The molecule has 0 amide bonds. The summed E-state index contributed by atoms with van der Waals surface area (Å²) in [6.45, 7) is 0.927. The Bertz CT molecular complexity index is 352. The third-order valence-electron chi connectivity index (χ3n) is 3.74. The van der Waals surface area contributed by atoms with Crippen molar-refractivity contribution in [3.63, 3.8) is 0 Å². The fourth-order valence-corrected chi connectivity index (χ4v) is 2.67. The van der Waals surface area contributed by atoms with E-state index in [9.17, 15) is 4.39 Å². The molecular formula is C15H22FNO. The molecular weight excluding hydrogens is 229 g/mol. The van der Waals surface area contributed by atoms with Crippen molar-refractivity contribution >= 4 is 0 Å². The van der Waals surface area contributed by atoms with Crippen molar-refractivity contribution in [3.05, 3.63) is 35.6 Å². The van der Waals surface area contributed by atoms with E-state index >= 15 is 0 Å². The molecule has 1 aliphatic rings. The predicted octanol–water partition coefficient (Wildman–Crippen LogP) is 2.92. The molecule has 100 valence electrons. The Balaban J connectivity index is 1.75. The lowest BCUT2D eigenvalue weighted by Gasteiger charge is -2.31. The molecule has 1 fully saturated rings. The van der Waals surface area contributed by atoms with Gasteiger partial charge in [-0.25, -0.2) is 4.39 Å². The number of rotatable bonds is 5. The SMILES string of the molecule is CO[C@H]1CCCC[C@@H]1NCCc1ccc(F)cc1. The van der Waals surface area contributed by atoms with E-state index in [0.29, 0.717) is 12.1 Å². The average molecular weight is 251 g/mol. The Morgan fingerprint density at radius 1 is 1.22 bits per heavy atom. The molecule has 1 N–H and O–H groups in total. The monoisotopic (exact) mass is 251 g/mol. The molecule has 2 rings (SSSR count). The van der Waals surface area contributed by atoms with E-state index in [1.807, 2.05) is 12.1 Å². The van der Waals surface area contributed by atoms with Gasteiger partial charge in [0.05, 0.1) is 6.10 Å². The highest BCUT2D eigenvalue weighted by atomic mass is 19.1. The van der Waals surface area contributed by atoms with Gasteiger partial charge in [-0.1, -0.05) is 25.0 Å². The van der Waals surface area contributed by atoms with Crippen LogP contribution in [0.25, 0.3) is 0 Å². The molecule has 0 spiro atoms. The van der Waals surface area contributed by atoms with Crippen LogP contribution in [0.15, 0.2) is 24.3 Å². The first-order valence-electron chi connectivity index (χ1n) is 6.80. The highest BCUT2D eigenvalue weighted by molar-refractivity contribution is 5.16. The molecule has 1 aromatic rings. The van der Waals surface area contributed by atoms with Gasteiger partial charge in [-0.15, -0.1) is 0 Å². The van der Waals surface area contributed by atoms with Crippen LogP contribution in [0.2, 0.25) is 0 Å². The van der Waals surface area contributed by atoms with Crippen molar-refractivity contribution in [1.29, 1.82) is 0 Å². The van der Waals surface area contributed by atoms with Crippen molar-refractivity contribution in [2.75, 3.05) is 13.7 Å². The first-order chi connectivity index (χ1) is 8.79. The summed E-state index contributed by atoms with van der Waals surface area (Å²) >= 11 is 0. The Hall–Kier alpha value is -0.930. The lowest BCUT2D eigenvalue weighted by atomic mass is 9.92. The lowest BCUT2D eigenvalue weighted by molar-refractivity contribution is 0.0421. The molecule has 0 aromatic heterocycles. The molecule has 0 heterocycles. The summed E-state index contributed by atoms with van der Waals surface area (Å²) in [4.78, 5) is 0. The third kappa shape index (κ3) is 3.79. The van der Waals surface area contributed by atoms with E-state index in [2.05, 4.69) is 5.32 Å². The maximum atomic E-state index is 12.8. The zero-order chi connectivity index (χ0) is 12.8. The van der Waals surface area contributed by atoms with Gasteiger partial charge in [0.1, 0.15) is 5.82 Å². The van der Waals surface area contributed by atoms with Crippen molar-refractivity contribution in [3.8, 4) is 0 Å². The zero-order valence-electron chi connectivity index (χ0n) is 11.0. The van der Waals surface area contributed by atoms with Crippen LogP contribution in [0.4, 0.5) is 4.39 Å². The van der Waals surface area contributed by atoms with Gasteiger partial charge in [-0.2, -0.15) is 0 Å². The fourth-order valence-electron chi connectivity index (χ4n) is 2.67. The first-order valence-corrected chi connectivity index (χ1v) is 6.80. The normalized spacial score (nSPS) is 24.1. The van der Waals surface area contributed by atoms with Crippen molar-refractivity contribution in [2.45, 2.75) is 44.2 Å². The molecule has 1 saturated carbocycles. The number of methoxy groups -OCH3 is 1. The van der Waals surface area contributed by atoms with Gasteiger partial charge in [0.15, 0.2) is 0 Å². The summed E-state index contributed by atoms with van der Waals surface area (Å²) in [6, 6.07) is 7.23. The molecule has 2 atom stereocenters. The van der Waals surface area contributed by atoms with Gasteiger partial charge in [0, 0.05) is 13.2 Å². The summed E-state index contributed by atoms with van der Waals surface area (Å²) < 4.78 is 18.3. The van der Waals surface area contributed by atoms with E-state index in [-0.39, 0.29) is 5.82 Å². The number of halogens is 1. The van der Waals surface area contributed by atoms with Crippen LogP contribution < -0.4 is 5.32 Å². The standard InChI is InChI=1S/C15H22FNO/c1-18-15-5-3-2-4-14(15)17-11-10-12-6-8-13(16)9-7-12/h6-9,14-15,17H,2-5,10-11H2,1H3/t14-,15-/m0/s1. The zero-order valence-corrected chi connectivity index (χ0v) is 11.0. The maximum Gasteiger partial charge on any atom is 0.123 e. The maximum absolute atomic E-state index is 12.8. The summed E-state index contributed by atoms with van der Waals surface area (Å²) in [5, 5.41) is 3.57. The van der Waals surface area contributed by atoms with E-state index in [4.69, 9.17) is 4.74 Å². The summed E-state index contributed by atoms with van der Waals surface area (Å²) in [5.41, 5.74) is 1.17. The molecule has 0 radical (unpaired) electrons. The van der Waals surface area contributed by atoms with E-state index in [1.54, 1.807) is 7.11 Å². The average Bonchev–Trinajstić information content (AvgIpc) is 2.41. The predicted molar refractivity (Wildman–Crippen MR) is 71.2 cm³/mol. The summed E-state index contributed by atoms with van der Waals surface area (Å²) in [7, 11) is 1.80. The molecule has 1 aromatic carbocycles. The Morgan fingerprint density at radius 3 is 2.67 bits per heavy atom. The molecule has 0 unspecified atom stereocenters. The Labute approximate surface area is 109 Å².